The number of esters is 1. The molecule has 1 N–H and O–H groups in total. The molecule has 0 radical (unpaired) electrons. The molecule has 0 aliphatic carbocycles. The number of rotatable bonds is 9. The van der Waals surface area contributed by atoms with Crippen molar-refractivity contribution in [3.63, 3.8) is 0 Å². The number of ether oxygens (including phenoxy) is 1. The second kappa shape index (κ2) is 10.9. The summed E-state index contributed by atoms with van der Waals surface area (Å²) in [7, 11) is 1.47. The average Bonchev–Trinajstić information content (AvgIpc) is 2.72. The minimum atomic E-state index is -0.986. The van der Waals surface area contributed by atoms with E-state index in [-0.39, 0.29) is 36.2 Å². The van der Waals surface area contributed by atoms with Crippen LogP contribution < -0.4 is 5.32 Å². The van der Waals surface area contributed by atoms with Gasteiger partial charge in [-0.3, -0.25) is 24.5 Å². The van der Waals surface area contributed by atoms with Crippen molar-refractivity contribution in [1.82, 2.24) is 10.2 Å². The number of nitro benzene ring substituents is 1. The van der Waals surface area contributed by atoms with Gasteiger partial charge in [-0.2, -0.15) is 0 Å². The molecule has 9 heteroatoms. The van der Waals surface area contributed by atoms with Gasteiger partial charge < -0.3 is 15.0 Å². The van der Waals surface area contributed by atoms with E-state index < -0.39 is 22.8 Å². The molecule has 2 rings (SSSR count). The van der Waals surface area contributed by atoms with Crippen LogP contribution >= 0.6 is 0 Å². The van der Waals surface area contributed by atoms with Gasteiger partial charge in [0.15, 0.2) is 0 Å². The minimum Gasteiger partial charge on any atom is -0.463 e. The van der Waals surface area contributed by atoms with Gasteiger partial charge in [-0.1, -0.05) is 36.4 Å². The molecule has 0 bridgehead atoms. The lowest BCUT2D eigenvalue weighted by Gasteiger charge is -2.22. The Kier molecular flexibility index (Phi) is 8.25. The van der Waals surface area contributed by atoms with E-state index in [9.17, 15) is 24.5 Å². The van der Waals surface area contributed by atoms with Crippen molar-refractivity contribution in [1.29, 1.82) is 0 Å². The smallest absolute Gasteiger partial charge is 0.308 e. The molecule has 2 amide bonds. The van der Waals surface area contributed by atoms with Crippen LogP contribution in [0, 0.1) is 10.1 Å². The summed E-state index contributed by atoms with van der Waals surface area (Å²) in [5.74, 6) is -1.52. The number of para-hydroxylation sites is 1. The molecule has 1 atom stereocenters. The summed E-state index contributed by atoms with van der Waals surface area (Å²) in [6, 6.07) is 13.3. The molecule has 0 aromatic heterocycles. The predicted octanol–water partition coefficient (Wildman–Crippen LogP) is 2.87. The molecule has 0 saturated carbocycles. The third kappa shape index (κ3) is 6.91. The van der Waals surface area contributed by atoms with Crippen molar-refractivity contribution in [3.8, 4) is 0 Å². The first kappa shape index (κ1) is 23.5. The summed E-state index contributed by atoms with van der Waals surface area (Å²) < 4.78 is 5.14. The van der Waals surface area contributed by atoms with E-state index in [0.717, 1.165) is 0 Å². The van der Waals surface area contributed by atoms with Gasteiger partial charge in [0.1, 0.15) is 0 Å². The summed E-state index contributed by atoms with van der Waals surface area (Å²) in [5.41, 5.74) is 0.381. The van der Waals surface area contributed by atoms with Gasteiger partial charge in [-0.25, -0.2) is 0 Å². The number of nitrogens with one attached hydrogen (secondary N) is 1. The molecule has 0 heterocycles. The van der Waals surface area contributed by atoms with Crippen molar-refractivity contribution >= 4 is 23.5 Å². The SMILES string of the molecule is CC(C)OC(=O)CC(NC(=O)CN(C)C(=O)c1ccccc1)c1ccccc1[N+](=O)[O-]. The van der Waals surface area contributed by atoms with E-state index in [2.05, 4.69) is 5.32 Å². The van der Waals surface area contributed by atoms with Gasteiger partial charge in [0, 0.05) is 18.7 Å². The normalized spacial score (nSPS) is 11.5. The van der Waals surface area contributed by atoms with E-state index in [1.165, 1.54) is 30.1 Å². The molecule has 0 spiro atoms. The van der Waals surface area contributed by atoms with Crippen LogP contribution in [0.4, 0.5) is 5.69 Å². The number of likely N-dealkylation sites (N-methyl/N-ethyl adjacent to an activating group) is 1. The topological polar surface area (TPSA) is 119 Å². The highest BCUT2D eigenvalue weighted by Crippen LogP contribution is 2.27. The molecular formula is C22H25N3O6. The molecule has 1 unspecified atom stereocenters. The number of carbonyl (C=O) groups excluding carboxylic acids is 3. The van der Waals surface area contributed by atoms with Crippen molar-refractivity contribution in [2.24, 2.45) is 0 Å². The van der Waals surface area contributed by atoms with Gasteiger partial charge >= 0.3 is 5.97 Å². The van der Waals surface area contributed by atoms with Crippen molar-refractivity contribution in [3.05, 3.63) is 75.8 Å². The Labute approximate surface area is 180 Å². The van der Waals surface area contributed by atoms with Crippen LogP contribution in [0.5, 0.6) is 0 Å². The van der Waals surface area contributed by atoms with Crippen molar-refractivity contribution in [2.45, 2.75) is 32.4 Å². The van der Waals surface area contributed by atoms with Crippen LogP contribution in [0.25, 0.3) is 0 Å². The summed E-state index contributed by atoms with van der Waals surface area (Å²) >= 11 is 0. The van der Waals surface area contributed by atoms with Crippen molar-refractivity contribution < 1.29 is 24.0 Å². The first-order valence-electron chi connectivity index (χ1n) is 9.71. The van der Waals surface area contributed by atoms with Crippen LogP contribution in [0.1, 0.15) is 42.2 Å². The number of nitro groups is 1. The number of amides is 2. The first-order valence-corrected chi connectivity index (χ1v) is 9.71. The molecule has 0 aliphatic heterocycles. The second-order valence-corrected chi connectivity index (χ2v) is 7.21. The van der Waals surface area contributed by atoms with E-state index in [1.807, 2.05) is 0 Å². The average molecular weight is 427 g/mol. The molecule has 9 nitrogen and oxygen atoms in total. The van der Waals surface area contributed by atoms with Gasteiger partial charge in [-0.15, -0.1) is 0 Å². The Morgan fingerprint density at radius 1 is 1.06 bits per heavy atom. The van der Waals surface area contributed by atoms with Gasteiger partial charge in [0.25, 0.3) is 11.6 Å². The maximum absolute atomic E-state index is 12.6. The highest BCUT2D eigenvalue weighted by atomic mass is 16.6. The van der Waals surface area contributed by atoms with Crippen LogP contribution in [0.3, 0.4) is 0 Å². The standard InChI is InChI=1S/C22H25N3O6/c1-15(2)31-21(27)13-18(17-11-7-8-12-19(17)25(29)30)23-20(26)14-24(3)22(28)16-9-5-4-6-10-16/h4-12,15,18H,13-14H2,1-3H3,(H,23,26). The fourth-order valence-corrected chi connectivity index (χ4v) is 2.99. The summed E-state index contributed by atoms with van der Waals surface area (Å²) in [4.78, 5) is 49.4. The van der Waals surface area contributed by atoms with Gasteiger partial charge in [0.05, 0.1) is 35.6 Å². The van der Waals surface area contributed by atoms with E-state index in [4.69, 9.17) is 4.74 Å². The predicted molar refractivity (Wildman–Crippen MR) is 113 cm³/mol. The minimum absolute atomic E-state index is 0.179. The van der Waals surface area contributed by atoms with Crippen LogP contribution in [0.2, 0.25) is 0 Å². The Bertz CT molecular complexity index is 945. The lowest BCUT2D eigenvalue weighted by molar-refractivity contribution is -0.385. The molecular weight excluding hydrogens is 402 g/mol. The quantitative estimate of drug-likeness (QED) is 0.373. The van der Waals surface area contributed by atoms with Crippen LogP contribution in [-0.4, -0.2) is 47.3 Å². The maximum atomic E-state index is 12.6. The number of nitrogens with zero attached hydrogens (tertiary/aromatic N) is 2. The fraction of sp³-hybridized carbons (Fsp3) is 0.318. The Morgan fingerprint density at radius 3 is 2.29 bits per heavy atom. The third-order valence-electron chi connectivity index (χ3n) is 4.33. The summed E-state index contributed by atoms with van der Waals surface area (Å²) in [6.45, 7) is 3.07. The van der Waals surface area contributed by atoms with Crippen LogP contribution in [-0.2, 0) is 14.3 Å². The van der Waals surface area contributed by atoms with Gasteiger partial charge in [0.2, 0.25) is 5.91 Å². The van der Waals surface area contributed by atoms with E-state index >= 15 is 0 Å². The Hall–Kier alpha value is -3.75. The Morgan fingerprint density at radius 2 is 1.68 bits per heavy atom. The van der Waals surface area contributed by atoms with Crippen molar-refractivity contribution in [2.75, 3.05) is 13.6 Å². The number of benzene rings is 2. The molecule has 2 aromatic rings. The largest absolute Gasteiger partial charge is 0.463 e. The number of hydrogen-bond acceptors (Lipinski definition) is 6. The lowest BCUT2D eigenvalue weighted by atomic mass is 10.0. The number of hydrogen-bond donors (Lipinski definition) is 1. The maximum Gasteiger partial charge on any atom is 0.308 e. The van der Waals surface area contributed by atoms with E-state index in [0.29, 0.717) is 5.56 Å². The molecule has 31 heavy (non-hydrogen) atoms. The summed E-state index contributed by atoms with van der Waals surface area (Å²) in [6.07, 6.45) is -0.658. The van der Waals surface area contributed by atoms with E-state index in [1.54, 1.807) is 50.2 Å². The molecule has 0 aliphatic rings. The molecule has 0 fully saturated rings. The lowest BCUT2D eigenvalue weighted by Crippen LogP contribution is -2.40. The highest BCUT2D eigenvalue weighted by molar-refractivity contribution is 5.96. The monoisotopic (exact) mass is 427 g/mol. The molecule has 2 aromatic carbocycles. The molecule has 0 saturated heterocycles. The van der Waals surface area contributed by atoms with Crippen LogP contribution in [0.15, 0.2) is 54.6 Å². The zero-order chi connectivity index (χ0) is 23.0. The zero-order valence-electron chi connectivity index (χ0n) is 17.6. The first-order chi connectivity index (χ1) is 14.7. The van der Waals surface area contributed by atoms with Gasteiger partial charge in [-0.05, 0) is 26.0 Å². The Balaban J connectivity index is 2.18. The second-order valence-electron chi connectivity index (χ2n) is 7.21. The fourth-order valence-electron chi connectivity index (χ4n) is 2.99. The highest BCUT2D eigenvalue weighted by Gasteiger charge is 2.27. The number of carbonyl (C=O) groups is 3. The third-order valence-corrected chi connectivity index (χ3v) is 4.33. The summed E-state index contributed by atoms with van der Waals surface area (Å²) in [5, 5.41) is 14.1. The molecule has 164 valence electrons. The zero-order valence-corrected chi connectivity index (χ0v) is 17.6.